The largest absolute Gasteiger partial charge is 0.342 e. The Hall–Kier alpha value is -1.55. The first kappa shape index (κ1) is 14.4. The molecule has 4 nitrogen and oxygen atoms in total. The van der Waals surface area contributed by atoms with Gasteiger partial charge in [-0.2, -0.15) is 0 Å². The molecule has 112 valence electrons. The van der Waals surface area contributed by atoms with E-state index in [1.807, 2.05) is 25.1 Å². The maximum Gasteiger partial charge on any atom is 0.252 e. The normalized spacial score (nSPS) is 21.5. The van der Waals surface area contributed by atoms with Crippen molar-refractivity contribution in [2.45, 2.75) is 44.6 Å². The highest BCUT2D eigenvalue weighted by Crippen LogP contribution is 2.36. The van der Waals surface area contributed by atoms with Crippen molar-refractivity contribution in [3.63, 3.8) is 0 Å². The van der Waals surface area contributed by atoms with Crippen LogP contribution in [-0.2, 0) is 9.59 Å². The Morgan fingerprint density at radius 3 is 2.67 bits per heavy atom. The predicted molar refractivity (Wildman–Crippen MR) is 82.5 cm³/mol. The second-order valence-corrected chi connectivity index (χ2v) is 6.34. The molecule has 1 aliphatic carbocycles. The Bertz CT molecular complexity index is 594. The zero-order chi connectivity index (χ0) is 15.0. The summed E-state index contributed by atoms with van der Waals surface area (Å²) in [5.41, 5.74) is 0.993. The van der Waals surface area contributed by atoms with Gasteiger partial charge in [-0.1, -0.05) is 30.5 Å². The van der Waals surface area contributed by atoms with Crippen LogP contribution in [0.5, 0.6) is 0 Å². The molecule has 5 heteroatoms. The summed E-state index contributed by atoms with van der Waals surface area (Å²) in [4.78, 5) is 26.8. The number of halogens is 1. The molecule has 1 aromatic carbocycles. The Kier molecular flexibility index (Phi) is 3.66. The second-order valence-electron chi connectivity index (χ2n) is 5.93. The molecule has 2 aliphatic rings. The molecule has 21 heavy (non-hydrogen) atoms. The Labute approximate surface area is 129 Å². The number of anilines is 1. The number of hydrogen-bond donors (Lipinski definition) is 1. The van der Waals surface area contributed by atoms with E-state index in [0.717, 1.165) is 36.9 Å². The van der Waals surface area contributed by atoms with Crippen molar-refractivity contribution >= 4 is 29.1 Å². The van der Waals surface area contributed by atoms with Crippen LogP contribution in [0.3, 0.4) is 0 Å². The molecule has 0 atom stereocenters. The van der Waals surface area contributed by atoms with Gasteiger partial charge in [-0.3, -0.25) is 9.59 Å². The Morgan fingerprint density at radius 1 is 1.24 bits per heavy atom. The number of benzene rings is 1. The van der Waals surface area contributed by atoms with Gasteiger partial charge in [-0.05, 0) is 37.5 Å². The molecule has 3 rings (SSSR count). The summed E-state index contributed by atoms with van der Waals surface area (Å²) in [6, 6.07) is 5.56. The molecule has 1 N–H and O–H groups in total. The molecule has 2 fully saturated rings. The van der Waals surface area contributed by atoms with Gasteiger partial charge in [0.25, 0.3) is 5.91 Å². The average molecular weight is 307 g/mol. The minimum absolute atomic E-state index is 0.0104. The third-order valence-electron chi connectivity index (χ3n) is 4.58. The zero-order valence-corrected chi connectivity index (χ0v) is 12.9. The van der Waals surface area contributed by atoms with E-state index in [9.17, 15) is 9.59 Å². The quantitative estimate of drug-likeness (QED) is 0.867. The van der Waals surface area contributed by atoms with Crippen LogP contribution in [0.2, 0.25) is 5.02 Å². The summed E-state index contributed by atoms with van der Waals surface area (Å²) in [7, 11) is 0. The minimum Gasteiger partial charge on any atom is -0.342 e. The number of nitrogens with one attached hydrogen (secondary N) is 1. The van der Waals surface area contributed by atoms with Crippen LogP contribution >= 0.6 is 11.6 Å². The van der Waals surface area contributed by atoms with Crippen LogP contribution < -0.4 is 10.2 Å². The van der Waals surface area contributed by atoms with Crippen molar-refractivity contribution in [1.82, 2.24) is 5.32 Å². The van der Waals surface area contributed by atoms with Crippen LogP contribution in [0.15, 0.2) is 18.2 Å². The zero-order valence-electron chi connectivity index (χ0n) is 12.1. The molecular weight excluding hydrogens is 288 g/mol. The molecule has 2 amide bonds. The lowest BCUT2D eigenvalue weighted by atomic mass is 9.95. The van der Waals surface area contributed by atoms with Crippen LogP contribution in [0, 0.1) is 6.92 Å². The molecule has 1 saturated carbocycles. The predicted octanol–water partition coefficient (Wildman–Crippen LogP) is 2.81. The first-order valence-corrected chi connectivity index (χ1v) is 7.79. The van der Waals surface area contributed by atoms with Crippen molar-refractivity contribution < 1.29 is 9.59 Å². The van der Waals surface area contributed by atoms with Crippen LogP contribution in [0.25, 0.3) is 0 Å². The molecule has 1 spiro atoms. The number of carbonyl (C=O) groups excluding carboxylic acids is 2. The van der Waals surface area contributed by atoms with E-state index in [1.54, 1.807) is 4.90 Å². The van der Waals surface area contributed by atoms with Gasteiger partial charge in [0.15, 0.2) is 0 Å². The number of nitrogens with zero attached hydrogens (tertiary/aromatic N) is 1. The summed E-state index contributed by atoms with van der Waals surface area (Å²) in [6.45, 7) is 2.32. The van der Waals surface area contributed by atoms with Crippen molar-refractivity contribution in [3.05, 3.63) is 28.8 Å². The van der Waals surface area contributed by atoms with E-state index in [2.05, 4.69) is 5.32 Å². The fourth-order valence-electron chi connectivity index (χ4n) is 3.39. The van der Waals surface area contributed by atoms with E-state index >= 15 is 0 Å². The van der Waals surface area contributed by atoms with Gasteiger partial charge in [0.2, 0.25) is 5.91 Å². The van der Waals surface area contributed by atoms with E-state index in [0.29, 0.717) is 18.0 Å². The summed E-state index contributed by atoms with van der Waals surface area (Å²) in [5, 5.41) is 3.62. The van der Waals surface area contributed by atoms with E-state index in [4.69, 9.17) is 11.6 Å². The van der Waals surface area contributed by atoms with Gasteiger partial charge in [0, 0.05) is 23.7 Å². The molecular formula is C16H19ClN2O2. The minimum atomic E-state index is -0.706. The fourth-order valence-corrected chi connectivity index (χ4v) is 3.56. The van der Waals surface area contributed by atoms with Crippen molar-refractivity contribution in [2.75, 3.05) is 11.4 Å². The highest BCUT2D eigenvalue weighted by atomic mass is 35.5. The fraction of sp³-hybridized carbons (Fsp3) is 0.500. The smallest absolute Gasteiger partial charge is 0.252 e. The Balaban J connectivity index is 2.03. The van der Waals surface area contributed by atoms with Crippen LogP contribution in [0.1, 0.15) is 37.7 Å². The molecule has 0 unspecified atom stereocenters. The average Bonchev–Trinajstić information content (AvgIpc) is 2.88. The molecule has 0 radical (unpaired) electrons. The lowest BCUT2D eigenvalue weighted by Gasteiger charge is -2.32. The van der Waals surface area contributed by atoms with Gasteiger partial charge in [-0.15, -0.1) is 0 Å². The summed E-state index contributed by atoms with van der Waals surface area (Å²) < 4.78 is 0. The molecule has 0 aromatic heterocycles. The second kappa shape index (κ2) is 5.34. The van der Waals surface area contributed by atoms with Gasteiger partial charge in [0.05, 0.1) is 0 Å². The molecule has 1 heterocycles. The Morgan fingerprint density at radius 2 is 1.95 bits per heavy atom. The van der Waals surface area contributed by atoms with Gasteiger partial charge in [-0.25, -0.2) is 0 Å². The third kappa shape index (κ3) is 2.42. The summed E-state index contributed by atoms with van der Waals surface area (Å²) in [5.74, 6) is -0.0244. The molecule has 1 saturated heterocycles. The molecule has 1 aliphatic heterocycles. The van der Waals surface area contributed by atoms with Crippen LogP contribution in [-0.4, -0.2) is 23.9 Å². The number of amides is 2. The van der Waals surface area contributed by atoms with E-state index < -0.39 is 5.54 Å². The topological polar surface area (TPSA) is 49.4 Å². The number of hydrogen-bond acceptors (Lipinski definition) is 2. The third-order valence-corrected chi connectivity index (χ3v) is 4.99. The van der Waals surface area contributed by atoms with E-state index in [-0.39, 0.29) is 11.8 Å². The maximum absolute atomic E-state index is 13.0. The first-order valence-electron chi connectivity index (χ1n) is 7.42. The van der Waals surface area contributed by atoms with Gasteiger partial charge in [0.1, 0.15) is 5.54 Å². The lowest BCUT2D eigenvalue weighted by molar-refractivity contribution is -0.129. The monoisotopic (exact) mass is 306 g/mol. The van der Waals surface area contributed by atoms with Crippen LogP contribution in [0.4, 0.5) is 5.69 Å². The van der Waals surface area contributed by atoms with Gasteiger partial charge < -0.3 is 10.2 Å². The van der Waals surface area contributed by atoms with Crippen molar-refractivity contribution in [2.24, 2.45) is 0 Å². The SMILES string of the molecule is Cc1c(Cl)cccc1N1CCC(=O)NC2(CCCC2)C1=O. The van der Waals surface area contributed by atoms with E-state index in [1.165, 1.54) is 0 Å². The standard InChI is InChI=1S/C16H19ClN2O2/c1-11-12(17)5-4-6-13(11)19-10-7-14(20)18-16(15(19)21)8-2-3-9-16/h4-6H,2-3,7-10H2,1H3,(H,18,20). The van der Waals surface area contributed by atoms with Gasteiger partial charge >= 0.3 is 0 Å². The lowest BCUT2D eigenvalue weighted by Crippen LogP contribution is -2.55. The highest BCUT2D eigenvalue weighted by Gasteiger charge is 2.46. The first-order chi connectivity index (χ1) is 10.0. The van der Waals surface area contributed by atoms with Crippen molar-refractivity contribution in [1.29, 1.82) is 0 Å². The summed E-state index contributed by atoms with van der Waals surface area (Å²) >= 11 is 6.18. The molecule has 0 bridgehead atoms. The molecule has 1 aromatic rings. The highest BCUT2D eigenvalue weighted by molar-refractivity contribution is 6.31. The van der Waals surface area contributed by atoms with Crippen molar-refractivity contribution in [3.8, 4) is 0 Å². The number of carbonyl (C=O) groups is 2. The number of rotatable bonds is 1. The summed E-state index contributed by atoms with van der Waals surface area (Å²) in [6.07, 6.45) is 3.75. The maximum atomic E-state index is 13.0.